The zero-order valence-corrected chi connectivity index (χ0v) is 17.1. The number of halogens is 1. The molecule has 0 saturated heterocycles. The summed E-state index contributed by atoms with van der Waals surface area (Å²) in [6.45, 7) is 0.499. The number of nitriles is 1. The first-order valence-electron chi connectivity index (χ1n) is 9.04. The minimum absolute atomic E-state index is 0.135. The normalized spacial score (nSPS) is 14.6. The zero-order chi connectivity index (χ0) is 19.1. The number of amides is 1. The van der Waals surface area contributed by atoms with Crippen LogP contribution in [-0.2, 0) is 11.4 Å². The number of carbonyl (C=O) groups is 1. The van der Waals surface area contributed by atoms with Crippen molar-refractivity contribution in [1.29, 1.82) is 5.26 Å². The molecule has 3 rings (SSSR count). The van der Waals surface area contributed by atoms with Crippen LogP contribution in [0.5, 0.6) is 5.75 Å². The van der Waals surface area contributed by atoms with Gasteiger partial charge in [-0.15, -0.1) is 0 Å². The maximum absolute atomic E-state index is 12.3. The van der Waals surface area contributed by atoms with Gasteiger partial charge < -0.3 is 10.1 Å². The molecule has 2 aromatic carbocycles. The average Bonchev–Trinajstić information content (AvgIpc) is 3.19. The molecule has 0 atom stereocenters. The van der Waals surface area contributed by atoms with Crippen LogP contribution >= 0.6 is 22.6 Å². The van der Waals surface area contributed by atoms with E-state index in [0.29, 0.717) is 6.61 Å². The number of rotatable bonds is 6. The van der Waals surface area contributed by atoms with Gasteiger partial charge in [0, 0.05) is 6.04 Å². The fourth-order valence-corrected chi connectivity index (χ4v) is 3.80. The molecule has 0 heterocycles. The molecule has 27 heavy (non-hydrogen) atoms. The Morgan fingerprint density at radius 2 is 1.96 bits per heavy atom. The van der Waals surface area contributed by atoms with Crippen molar-refractivity contribution in [3.8, 4) is 11.8 Å². The summed E-state index contributed by atoms with van der Waals surface area (Å²) in [7, 11) is 0. The van der Waals surface area contributed by atoms with Crippen LogP contribution in [0.1, 0.15) is 36.8 Å². The van der Waals surface area contributed by atoms with Gasteiger partial charge in [0.05, 0.1) is 3.57 Å². The Hall–Kier alpha value is -2.33. The van der Waals surface area contributed by atoms with Gasteiger partial charge in [-0.1, -0.05) is 49.2 Å². The number of nitrogens with one attached hydrogen (secondary N) is 1. The van der Waals surface area contributed by atoms with Crippen molar-refractivity contribution >= 4 is 34.6 Å². The van der Waals surface area contributed by atoms with E-state index in [9.17, 15) is 10.1 Å². The molecule has 0 aromatic heterocycles. The second kappa shape index (κ2) is 9.56. The highest BCUT2D eigenvalue weighted by Crippen LogP contribution is 2.24. The lowest BCUT2D eigenvalue weighted by Gasteiger charge is -2.11. The van der Waals surface area contributed by atoms with E-state index in [1.807, 2.05) is 54.6 Å². The molecule has 1 aliphatic rings. The van der Waals surface area contributed by atoms with Crippen molar-refractivity contribution in [3.05, 3.63) is 68.8 Å². The predicted molar refractivity (Wildman–Crippen MR) is 114 cm³/mol. The molecule has 2 aromatic rings. The first-order chi connectivity index (χ1) is 13.2. The molecule has 0 bridgehead atoms. The highest BCUT2D eigenvalue weighted by atomic mass is 127. The Kier molecular flexibility index (Phi) is 6.88. The summed E-state index contributed by atoms with van der Waals surface area (Å²) in [5.74, 6) is 0.495. The molecular weight excluding hydrogens is 451 g/mol. The van der Waals surface area contributed by atoms with E-state index in [0.717, 1.165) is 46.1 Å². The van der Waals surface area contributed by atoms with Crippen LogP contribution in [0.4, 0.5) is 0 Å². The Morgan fingerprint density at radius 3 is 2.63 bits per heavy atom. The summed E-state index contributed by atoms with van der Waals surface area (Å²) in [5, 5.41) is 12.3. The molecule has 0 aliphatic heterocycles. The molecule has 5 heteroatoms. The Labute approximate surface area is 173 Å². The third kappa shape index (κ3) is 5.57. The fourth-order valence-electron chi connectivity index (χ4n) is 3.11. The summed E-state index contributed by atoms with van der Waals surface area (Å²) in [6.07, 6.45) is 5.90. The molecule has 138 valence electrons. The summed E-state index contributed by atoms with van der Waals surface area (Å²) >= 11 is 2.21. The van der Waals surface area contributed by atoms with Crippen LogP contribution in [0.3, 0.4) is 0 Å². The minimum atomic E-state index is -0.288. The van der Waals surface area contributed by atoms with Crippen molar-refractivity contribution < 1.29 is 9.53 Å². The average molecular weight is 472 g/mol. The summed E-state index contributed by atoms with van der Waals surface area (Å²) < 4.78 is 6.81. The largest absolute Gasteiger partial charge is 0.488 e. The highest BCUT2D eigenvalue weighted by molar-refractivity contribution is 14.1. The molecule has 1 N–H and O–H groups in total. The standard InChI is InChI=1S/C22H21IN2O2/c23-20-13-17(10-11-21(20)27-15-16-6-2-1-3-7-16)12-18(14-24)22(26)25-19-8-4-5-9-19/h1-3,6-7,10-13,19H,4-5,8-9,15H2,(H,25,26)/b18-12-. The Bertz CT molecular complexity index is 866. The highest BCUT2D eigenvalue weighted by Gasteiger charge is 2.19. The molecule has 0 radical (unpaired) electrons. The Morgan fingerprint density at radius 1 is 1.22 bits per heavy atom. The summed E-state index contributed by atoms with van der Waals surface area (Å²) in [5.41, 5.74) is 2.05. The van der Waals surface area contributed by atoms with Crippen LogP contribution in [0.25, 0.3) is 6.08 Å². The van der Waals surface area contributed by atoms with Gasteiger partial charge in [0.1, 0.15) is 24.0 Å². The third-order valence-electron chi connectivity index (χ3n) is 4.56. The van der Waals surface area contributed by atoms with Gasteiger partial charge in [0.25, 0.3) is 5.91 Å². The van der Waals surface area contributed by atoms with Crippen molar-refractivity contribution in [2.75, 3.05) is 0 Å². The van der Waals surface area contributed by atoms with Crippen LogP contribution in [0, 0.1) is 14.9 Å². The number of hydrogen-bond donors (Lipinski definition) is 1. The van der Waals surface area contributed by atoms with Gasteiger partial charge in [-0.25, -0.2) is 0 Å². The SMILES string of the molecule is N#C/C(=C/c1ccc(OCc2ccccc2)c(I)c1)C(=O)NC1CCCC1. The van der Waals surface area contributed by atoms with Crippen LogP contribution in [0.15, 0.2) is 54.1 Å². The lowest BCUT2D eigenvalue weighted by Crippen LogP contribution is -2.33. The van der Waals surface area contributed by atoms with Gasteiger partial charge in [-0.2, -0.15) is 5.26 Å². The summed E-state index contributed by atoms with van der Waals surface area (Å²) in [6, 6.07) is 17.9. The second-order valence-electron chi connectivity index (χ2n) is 6.59. The van der Waals surface area contributed by atoms with Crippen molar-refractivity contribution in [1.82, 2.24) is 5.32 Å². The first-order valence-corrected chi connectivity index (χ1v) is 10.1. The molecule has 4 nitrogen and oxygen atoms in total. The number of hydrogen-bond acceptors (Lipinski definition) is 3. The second-order valence-corrected chi connectivity index (χ2v) is 7.75. The lowest BCUT2D eigenvalue weighted by atomic mass is 10.1. The number of carbonyl (C=O) groups excluding carboxylic acids is 1. The minimum Gasteiger partial charge on any atom is -0.488 e. The molecule has 1 fully saturated rings. The van der Waals surface area contributed by atoms with Crippen LogP contribution < -0.4 is 10.1 Å². The van der Waals surface area contributed by atoms with Crippen molar-refractivity contribution in [2.45, 2.75) is 38.3 Å². The van der Waals surface area contributed by atoms with E-state index in [1.165, 1.54) is 0 Å². The van der Waals surface area contributed by atoms with Gasteiger partial charge >= 0.3 is 0 Å². The van der Waals surface area contributed by atoms with Gasteiger partial charge in [0.15, 0.2) is 0 Å². The van der Waals surface area contributed by atoms with E-state index in [2.05, 4.69) is 27.9 Å². The van der Waals surface area contributed by atoms with E-state index in [4.69, 9.17) is 4.74 Å². The van der Waals surface area contributed by atoms with Crippen molar-refractivity contribution in [3.63, 3.8) is 0 Å². The molecule has 0 unspecified atom stereocenters. The summed E-state index contributed by atoms with van der Waals surface area (Å²) in [4.78, 5) is 12.3. The van der Waals surface area contributed by atoms with Crippen LogP contribution in [-0.4, -0.2) is 11.9 Å². The molecular formula is C22H21IN2O2. The predicted octanol–water partition coefficient (Wildman–Crippen LogP) is 4.84. The van der Waals surface area contributed by atoms with Crippen molar-refractivity contribution in [2.24, 2.45) is 0 Å². The number of ether oxygens (including phenoxy) is 1. The number of benzene rings is 2. The molecule has 1 amide bonds. The Balaban J connectivity index is 1.67. The third-order valence-corrected chi connectivity index (χ3v) is 5.40. The monoisotopic (exact) mass is 472 g/mol. The fraction of sp³-hybridized carbons (Fsp3) is 0.273. The van der Waals surface area contributed by atoms with Crippen LogP contribution in [0.2, 0.25) is 0 Å². The lowest BCUT2D eigenvalue weighted by molar-refractivity contribution is -0.117. The maximum atomic E-state index is 12.3. The molecule has 1 saturated carbocycles. The van der Waals surface area contributed by atoms with E-state index in [-0.39, 0.29) is 17.5 Å². The smallest absolute Gasteiger partial charge is 0.262 e. The maximum Gasteiger partial charge on any atom is 0.262 e. The van der Waals surface area contributed by atoms with Gasteiger partial charge in [0.2, 0.25) is 0 Å². The zero-order valence-electron chi connectivity index (χ0n) is 15.0. The van der Waals surface area contributed by atoms with E-state index < -0.39 is 0 Å². The topological polar surface area (TPSA) is 62.1 Å². The molecule has 0 spiro atoms. The van der Waals surface area contributed by atoms with Gasteiger partial charge in [-0.3, -0.25) is 4.79 Å². The first kappa shape index (κ1) is 19.4. The molecule has 1 aliphatic carbocycles. The van der Waals surface area contributed by atoms with Gasteiger partial charge in [-0.05, 0) is 64.8 Å². The quantitative estimate of drug-likeness (QED) is 0.372. The number of nitrogens with zero attached hydrogens (tertiary/aromatic N) is 1. The van der Waals surface area contributed by atoms with E-state index in [1.54, 1.807) is 6.08 Å². The van der Waals surface area contributed by atoms with E-state index >= 15 is 0 Å².